The third-order valence-electron chi connectivity index (χ3n) is 6.48. The number of carbonyl (C=O) groups excluding carboxylic acids is 1. The van der Waals surface area contributed by atoms with Crippen molar-refractivity contribution in [3.8, 4) is 11.3 Å². The molecule has 0 aliphatic carbocycles. The molecule has 1 N–H and O–H groups in total. The molecule has 0 aliphatic rings. The van der Waals surface area contributed by atoms with E-state index in [0.29, 0.717) is 23.4 Å². The van der Waals surface area contributed by atoms with E-state index in [0.717, 1.165) is 30.0 Å². The van der Waals surface area contributed by atoms with Gasteiger partial charge >= 0.3 is 6.18 Å². The first-order valence-corrected chi connectivity index (χ1v) is 14.5. The van der Waals surface area contributed by atoms with Crippen molar-refractivity contribution in [3.63, 3.8) is 0 Å². The first-order chi connectivity index (χ1) is 19.3. The second-order valence-corrected chi connectivity index (χ2v) is 11.5. The normalized spacial score (nSPS) is 12.0. The topological polar surface area (TPSA) is 77.4 Å². The van der Waals surface area contributed by atoms with Gasteiger partial charge in [-0.3, -0.25) is 4.79 Å². The van der Waals surface area contributed by atoms with E-state index in [1.165, 1.54) is 24.3 Å². The van der Waals surface area contributed by atoms with Crippen LogP contribution in [0.1, 0.15) is 22.3 Å². The number of nitrogens with one attached hydrogen (secondary N) is 1. The smallest absolute Gasteiger partial charge is 0.375 e. The van der Waals surface area contributed by atoms with Crippen LogP contribution in [0.4, 0.5) is 23.2 Å². The zero-order valence-corrected chi connectivity index (χ0v) is 23.2. The largest absolute Gasteiger partial charge is 0.417 e. The number of aromatic nitrogens is 1. The second-order valence-electron chi connectivity index (χ2n) is 9.55. The van der Waals surface area contributed by atoms with Crippen LogP contribution in [0.3, 0.4) is 0 Å². The Bertz CT molecular complexity index is 1650. The molecule has 1 aromatic heterocycles. The number of ether oxygens (including phenoxy) is 1. The highest BCUT2D eigenvalue weighted by atomic mass is 32.2. The van der Waals surface area contributed by atoms with E-state index < -0.39 is 38.2 Å². The van der Waals surface area contributed by atoms with E-state index in [2.05, 4.69) is 5.32 Å². The molecule has 6 nitrogen and oxygen atoms in total. The van der Waals surface area contributed by atoms with Gasteiger partial charge in [-0.25, -0.2) is 12.8 Å². The maximum atomic E-state index is 14.3. The van der Waals surface area contributed by atoms with Crippen LogP contribution < -0.4 is 5.32 Å². The van der Waals surface area contributed by atoms with Crippen molar-refractivity contribution < 1.29 is 35.5 Å². The van der Waals surface area contributed by atoms with Gasteiger partial charge in [0, 0.05) is 30.2 Å². The van der Waals surface area contributed by atoms with Crippen molar-refractivity contribution >= 4 is 21.4 Å². The van der Waals surface area contributed by atoms with E-state index in [4.69, 9.17) is 4.74 Å². The van der Waals surface area contributed by atoms with Crippen molar-refractivity contribution in [2.75, 3.05) is 18.2 Å². The summed E-state index contributed by atoms with van der Waals surface area (Å²) in [5.74, 6) is -1.55. The van der Waals surface area contributed by atoms with Crippen LogP contribution in [0.25, 0.3) is 11.3 Å². The fourth-order valence-corrected chi connectivity index (χ4v) is 5.28. The molecular formula is C30H28F4N2O4S. The Balaban J connectivity index is 1.60. The quantitative estimate of drug-likeness (QED) is 0.171. The van der Waals surface area contributed by atoms with Crippen LogP contribution in [0.5, 0.6) is 0 Å². The zero-order valence-electron chi connectivity index (χ0n) is 22.3. The molecule has 11 heteroatoms. The summed E-state index contributed by atoms with van der Waals surface area (Å²) in [5.41, 5.74) is 1.46. The van der Waals surface area contributed by atoms with Gasteiger partial charge < -0.3 is 14.6 Å². The first-order valence-electron chi connectivity index (χ1n) is 12.6. The molecule has 3 aromatic carbocycles. The first kappa shape index (κ1) is 30.0. The van der Waals surface area contributed by atoms with Crippen LogP contribution in [-0.2, 0) is 45.1 Å². The predicted molar refractivity (Wildman–Crippen MR) is 148 cm³/mol. The second kappa shape index (κ2) is 12.3. The minimum Gasteiger partial charge on any atom is -0.375 e. The molecule has 0 bridgehead atoms. The van der Waals surface area contributed by atoms with Gasteiger partial charge in [0.15, 0.2) is 9.84 Å². The molecule has 0 aliphatic heterocycles. The molecule has 0 unspecified atom stereocenters. The molecule has 4 aromatic rings. The number of anilines is 1. The summed E-state index contributed by atoms with van der Waals surface area (Å²) in [7, 11) is -3.78. The average Bonchev–Trinajstić information content (AvgIpc) is 3.20. The Morgan fingerprint density at radius 3 is 2.34 bits per heavy atom. The third kappa shape index (κ3) is 7.42. The lowest BCUT2D eigenvalue weighted by Gasteiger charge is -2.16. The number of benzene rings is 3. The molecule has 4 rings (SSSR count). The Morgan fingerprint density at radius 2 is 1.68 bits per heavy atom. The van der Waals surface area contributed by atoms with Crippen LogP contribution in [0.15, 0.2) is 83.9 Å². The lowest BCUT2D eigenvalue weighted by molar-refractivity contribution is -0.137. The van der Waals surface area contributed by atoms with Gasteiger partial charge in [-0.05, 0) is 47.9 Å². The molecule has 0 fully saturated rings. The van der Waals surface area contributed by atoms with Gasteiger partial charge in [-0.1, -0.05) is 48.5 Å². The SMILES string of the molecule is Cc1c(CC(=O)Nc2ccc(S(C)(=O)=O)c(F)c2)cn(CCOCc2ccccc2)c1-c1ccccc1C(F)(F)F. The van der Waals surface area contributed by atoms with Crippen LogP contribution in [-0.4, -0.2) is 31.8 Å². The highest BCUT2D eigenvalue weighted by Gasteiger charge is 2.34. The van der Waals surface area contributed by atoms with Crippen molar-refractivity contribution in [2.24, 2.45) is 0 Å². The number of carbonyl (C=O) groups is 1. The summed E-state index contributed by atoms with van der Waals surface area (Å²) in [5, 5.41) is 2.52. The van der Waals surface area contributed by atoms with Gasteiger partial charge in [0.1, 0.15) is 10.7 Å². The fourth-order valence-electron chi connectivity index (χ4n) is 4.55. The van der Waals surface area contributed by atoms with Gasteiger partial charge in [0.05, 0.1) is 30.9 Å². The highest BCUT2D eigenvalue weighted by Crippen LogP contribution is 2.39. The molecule has 1 heterocycles. The van der Waals surface area contributed by atoms with Gasteiger partial charge in [-0.2, -0.15) is 13.2 Å². The summed E-state index contributed by atoms with van der Waals surface area (Å²) in [6, 6.07) is 17.9. The maximum Gasteiger partial charge on any atom is 0.417 e. The molecule has 0 atom stereocenters. The third-order valence-corrected chi connectivity index (χ3v) is 7.61. The summed E-state index contributed by atoms with van der Waals surface area (Å²) in [6.07, 6.45) is -2.31. The van der Waals surface area contributed by atoms with Crippen molar-refractivity contribution in [3.05, 3.63) is 107 Å². The van der Waals surface area contributed by atoms with E-state index in [1.54, 1.807) is 17.7 Å². The monoisotopic (exact) mass is 588 g/mol. The van der Waals surface area contributed by atoms with Crippen molar-refractivity contribution in [1.29, 1.82) is 0 Å². The standard InChI is InChI=1S/C30H28F4N2O4S/c1-20-22(16-28(37)35-23-12-13-27(26(31)17-23)41(2,38)39)18-36(14-15-40-19-21-8-4-3-5-9-21)29(20)24-10-6-7-11-25(24)30(32,33)34/h3-13,17-18H,14-16,19H2,1-2H3,(H,35,37). The van der Waals surface area contributed by atoms with E-state index in [9.17, 15) is 30.8 Å². The number of rotatable bonds is 10. The summed E-state index contributed by atoms with van der Waals surface area (Å²) in [6.45, 7) is 2.42. The number of halogens is 4. The summed E-state index contributed by atoms with van der Waals surface area (Å²) in [4.78, 5) is 12.4. The lowest BCUT2D eigenvalue weighted by atomic mass is 9.99. The molecule has 41 heavy (non-hydrogen) atoms. The molecule has 1 amide bonds. The number of amides is 1. The van der Waals surface area contributed by atoms with E-state index >= 15 is 0 Å². The van der Waals surface area contributed by atoms with Crippen LogP contribution in [0, 0.1) is 12.7 Å². The van der Waals surface area contributed by atoms with Crippen molar-refractivity contribution in [2.45, 2.75) is 37.6 Å². The Hall–Kier alpha value is -3.96. The zero-order chi connectivity index (χ0) is 29.8. The molecule has 0 saturated carbocycles. The molecule has 0 saturated heterocycles. The molecule has 216 valence electrons. The summed E-state index contributed by atoms with van der Waals surface area (Å²) >= 11 is 0. The number of sulfone groups is 1. The minimum absolute atomic E-state index is 0.0225. The molecular weight excluding hydrogens is 560 g/mol. The minimum atomic E-state index is -4.60. The average molecular weight is 589 g/mol. The Morgan fingerprint density at radius 1 is 1.00 bits per heavy atom. The Labute approximate surface area is 235 Å². The number of hydrogen-bond acceptors (Lipinski definition) is 4. The maximum absolute atomic E-state index is 14.3. The van der Waals surface area contributed by atoms with Gasteiger partial charge in [-0.15, -0.1) is 0 Å². The number of hydrogen-bond donors (Lipinski definition) is 1. The Kier molecular flexibility index (Phi) is 8.98. The predicted octanol–water partition coefficient (Wildman–Crippen LogP) is 6.42. The van der Waals surface area contributed by atoms with Crippen LogP contribution >= 0.6 is 0 Å². The lowest BCUT2D eigenvalue weighted by Crippen LogP contribution is -2.15. The van der Waals surface area contributed by atoms with Gasteiger partial charge in [0.25, 0.3) is 0 Å². The molecule has 0 radical (unpaired) electrons. The van der Waals surface area contributed by atoms with Gasteiger partial charge in [0.2, 0.25) is 5.91 Å². The fraction of sp³-hybridized carbons (Fsp3) is 0.233. The van der Waals surface area contributed by atoms with E-state index in [-0.39, 0.29) is 30.8 Å². The van der Waals surface area contributed by atoms with Crippen LogP contribution in [0.2, 0.25) is 0 Å². The van der Waals surface area contributed by atoms with Crippen molar-refractivity contribution in [1.82, 2.24) is 4.57 Å². The number of alkyl halides is 3. The highest BCUT2D eigenvalue weighted by molar-refractivity contribution is 7.90. The number of nitrogens with zero attached hydrogens (tertiary/aromatic N) is 1. The molecule has 0 spiro atoms. The summed E-state index contributed by atoms with van der Waals surface area (Å²) < 4.78 is 86.8. The van der Waals surface area contributed by atoms with E-state index in [1.807, 2.05) is 30.3 Å².